The molecule has 3 aromatic carbocycles. The summed E-state index contributed by atoms with van der Waals surface area (Å²) in [5.74, 6) is -1.60. The second kappa shape index (κ2) is 6.03. The Morgan fingerprint density at radius 1 is 0.792 bits per heavy atom. The number of ether oxygens (including phenoxy) is 2. The van der Waals surface area contributed by atoms with Gasteiger partial charge in [-0.15, -0.1) is 0 Å². The minimum atomic E-state index is -3.87. The monoisotopic (exact) mass is 336 g/mol. The zero-order valence-electron chi connectivity index (χ0n) is 12.5. The van der Waals surface area contributed by atoms with Crippen molar-refractivity contribution in [3.05, 3.63) is 71.8 Å². The molecule has 0 spiro atoms. The van der Waals surface area contributed by atoms with Crippen molar-refractivity contribution in [2.45, 2.75) is 6.11 Å². The van der Waals surface area contributed by atoms with Crippen LogP contribution in [0.5, 0.6) is 11.5 Å². The molecule has 2 nitrogen and oxygen atoms in total. The fraction of sp³-hybridized carbons (Fsp3) is 0.111. The Balaban J connectivity index is 1.92. The Labute approximate surface area is 135 Å². The van der Waals surface area contributed by atoms with E-state index >= 15 is 0 Å². The van der Waals surface area contributed by atoms with Crippen molar-refractivity contribution in [2.24, 2.45) is 0 Å². The van der Waals surface area contributed by atoms with Crippen LogP contribution in [0.2, 0.25) is 0 Å². The molecule has 0 aliphatic heterocycles. The molecule has 3 aromatic rings. The van der Waals surface area contributed by atoms with Gasteiger partial charge in [-0.1, -0.05) is 12.1 Å². The first-order chi connectivity index (χ1) is 11.4. The van der Waals surface area contributed by atoms with E-state index in [1.54, 1.807) is 0 Å². The number of alkyl halides is 2. The Morgan fingerprint density at radius 2 is 1.46 bits per heavy atom. The summed E-state index contributed by atoms with van der Waals surface area (Å²) in [5, 5.41) is 1.07. The number of rotatable bonds is 4. The molecular weight excluding hydrogens is 324 g/mol. The summed E-state index contributed by atoms with van der Waals surface area (Å²) in [4.78, 5) is 0. The van der Waals surface area contributed by atoms with E-state index in [4.69, 9.17) is 4.74 Å². The summed E-state index contributed by atoms with van der Waals surface area (Å²) in [6.07, 6.45) is -3.87. The van der Waals surface area contributed by atoms with Crippen molar-refractivity contribution in [3.63, 3.8) is 0 Å². The van der Waals surface area contributed by atoms with Crippen LogP contribution in [-0.4, -0.2) is 7.11 Å². The van der Waals surface area contributed by atoms with Crippen LogP contribution >= 0.6 is 0 Å². The molecule has 0 fully saturated rings. The van der Waals surface area contributed by atoms with Crippen LogP contribution in [0.1, 0.15) is 5.56 Å². The van der Waals surface area contributed by atoms with Crippen molar-refractivity contribution in [1.29, 1.82) is 0 Å². The van der Waals surface area contributed by atoms with Crippen LogP contribution in [0.15, 0.2) is 54.6 Å². The predicted octanol–water partition coefficient (Wildman–Crippen LogP) is 5.25. The number of benzene rings is 3. The van der Waals surface area contributed by atoms with Gasteiger partial charge in [0, 0.05) is 6.07 Å². The molecular formula is C18H12F4O2. The van der Waals surface area contributed by atoms with E-state index in [2.05, 4.69) is 4.74 Å². The van der Waals surface area contributed by atoms with Crippen molar-refractivity contribution < 1.29 is 27.0 Å². The Bertz CT molecular complexity index is 893. The van der Waals surface area contributed by atoms with Crippen molar-refractivity contribution in [1.82, 2.24) is 0 Å². The van der Waals surface area contributed by atoms with Crippen LogP contribution in [0, 0.1) is 11.6 Å². The van der Waals surface area contributed by atoms with Crippen LogP contribution < -0.4 is 9.47 Å². The van der Waals surface area contributed by atoms with E-state index in [-0.39, 0.29) is 11.5 Å². The molecule has 124 valence electrons. The quantitative estimate of drug-likeness (QED) is 0.606. The average Bonchev–Trinajstić information content (AvgIpc) is 2.54. The second-order valence-electron chi connectivity index (χ2n) is 5.12. The van der Waals surface area contributed by atoms with Gasteiger partial charge < -0.3 is 9.47 Å². The standard InChI is InChI=1S/C18H12F4O2/c1-23-14-6-7-16(17(20)10-14)18(21,22)24-15-5-3-11-8-13(19)4-2-12(11)9-15/h2-10H,1H3. The zero-order valence-corrected chi connectivity index (χ0v) is 12.5. The van der Waals surface area contributed by atoms with E-state index < -0.39 is 23.3 Å². The molecule has 0 saturated carbocycles. The number of halogens is 4. The van der Waals surface area contributed by atoms with E-state index in [1.165, 1.54) is 49.6 Å². The predicted molar refractivity (Wildman–Crippen MR) is 81.4 cm³/mol. The molecule has 0 heterocycles. The van der Waals surface area contributed by atoms with Gasteiger partial charge in [0.25, 0.3) is 0 Å². The van der Waals surface area contributed by atoms with Gasteiger partial charge in [-0.3, -0.25) is 0 Å². The topological polar surface area (TPSA) is 18.5 Å². The maximum Gasteiger partial charge on any atom is 0.429 e. The summed E-state index contributed by atoms with van der Waals surface area (Å²) in [7, 11) is 1.31. The van der Waals surface area contributed by atoms with Gasteiger partial charge in [0.2, 0.25) is 0 Å². The Kier molecular flexibility index (Phi) is 4.05. The van der Waals surface area contributed by atoms with Crippen molar-refractivity contribution in [2.75, 3.05) is 7.11 Å². The number of hydrogen-bond donors (Lipinski definition) is 0. The summed E-state index contributed by atoms with van der Waals surface area (Å²) in [6, 6.07) is 11.0. The maximum absolute atomic E-state index is 14.2. The van der Waals surface area contributed by atoms with E-state index in [1.807, 2.05) is 0 Å². The molecule has 0 aliphatic carbocycles. The first kappa shape index (κ1) is 16.1. The van der Waals surface area contributed by atoms with E-state index in [9.17, 15) is 17.6 Å². The van der Waals surface area contributed by atoms with Crippen molar-refractivity contribution in [3.8, 4) is 11.5 Å². The van der Waals surface area contributed by atoms with Crippen LogP contribution in [0.3, 0.4) is 0 Å². The Morgan fingerprint density at radius 3 is 2.17 bits per heavy atom. The first-order valence-corrected chi connectivity index (χ1v) is 6.99. The number of methoxy groups -OCH3 is 1. The fourth-order valence-corrected chi connectivity index (χ4v) is 2.32. The molecule has 0 aliphatic rings. The lowest BCUT2D eigenvalue weighted by Gasteiger charge is -2.19. The lowest BCUT2D eigenvalue weighted by atomic mass is 10.1. The molecule has 0 aromatic heterocycles. The van der Waals surface area contributed by atoms with Gasteiger partial charge in [0.05, 0.1) is 7.11 Å². The maximum atomic E-state index is 14.2. The largest absolute Gasteiger partial charge is 0.497 e. The van der Waals surface area contributed by atoms with Crippen LogP contribution in [0.25, 0.3) is 10.8 Å². The molecule has 3 rings (SSSR count). The summed E-state index contributed by atoms with van der Waals surface area (Å²) >= 11 is 0. The van der Waals surface area contributed by atoms with E-state index in [0.29, 0.717) is 10.8 Å². The number of hydrogen-bond acceptors (Lipinski definition) is 2. The minimum absolute atomic E-state index is 0.125. The highest BCUT2D eigenvalue weighted by Gasteiger charge is 2.37. The average molecular weight is 336 g/mol. The summed E-state index contributed by atoms with van der Waals surface area (Å²) in [5.41, 5.74) is -0.900. The summed E-state index contributed by atoms with van der Waals surface area (Å²) < 4.78 is 64.9. The third kappa shape index (κ3) is 3.13. The van der Waals surface area contributed by atoms with Gasteiger partial charge in [-0.25, -0.2) is 8.78 Å². The molecule has 0 N–H and O–H groups in total. The van der Waals surface area contributed by atoms with Gasteiger partial charge >= 0.3 is 6.11 Å². The lowest BCUT2D eigenvalue weighted by Crippen LogP contribution is -2.23. The lowest BCUT2D eigenvalue weighted by molar-refractivity contribution is -0.187. The van der Waals surface area contributed by atoms with Crippen LogP contribution in [-0.2, 0) is 6.11 Å². The Hall–Kier alpha value is -2.76. The highest BCUT2D eigenvalue weighted by molar-refractivity contribution is 5.83. The third-order valence-electron chi connectivity index (χ3n) is 3.51. The highest BCUT2D eigenvalue weighted by Crippen LogP contribution is 2.35. The van der Waals surface area contributed by atoms with Gasteiger partial charge in [0.15, 0.2) is 0 Å². The normalized spacial score (nSPS) is 11.5. The van der Waals surface area contributed by atoms with Gasteiger partial charge in [-0.2, -0.15) is 8.78 Å². The molecule has 0 atom stereocenters. The number of fused-ring (bicyclic) bond motifs is 1. The SMILES string of the molecule is COc1ccc(C(F)(F)Oc2ccc3cc(F)ccc3c2)c(F)c1. The zero-order chi connectivity index (χ0) is 17.3. The molecule has 0 amide bonds. The molecule has 0 saturated heterocycles. The fourth-order valence-electron chi connectivity index (χ4n) is 2.32. The molecule has 24 heavy (non-hydrogen) atoms. The molecule has 0 unspecified atom stereocenters. The van der Waals surface area contributed by atoms with Gasteiger partial charge in [-0.05, 0) is 47.2 Å². The van der Waals surface area contributed by atoms with Crippen molar-refractivity contribution >= 4 is 10.8 Å². The first-order valence-electron chi connectivity index (χ1n) is 6.99. The van der Waals surface area contributed by atoms with Crippen LogP contribution in [0.4, 0.5) is 17.6 Å². The molecule has 6 heteroatoms. The molecule has 0 radical (unpaired) electrons. The second-order valence-corrected chi connectivity index (χ2v) is 5.12. The van der Waals surface area contributed by atoms with E-state index in [0.717, 1.165) is 12.1 Å². The molecule has 0 bridgehead atoms. The smallest absolute Gasteiger partial charge is 0.429 e. The minimum Gasteiger partial charge on any atom is -0.497 e. The highest BCUT2D eigenvalue weighted by atomic mass is 19.3. The van der Waals surface area contributed by atoms with Gasteiger partial charge in [0.1, 0.15) is 28.7 Å². The summed E-state index contributed by atoms with van der Waals surface area (Å²) in [6.45, 7) is 0. The third-order valence-corrected chi connectivity index (χ3v) is 3.51.